The smallest absolute Gasteiger partial charge is 0.321 e. The second-order valence-corrected chi connectivity index (χ2v) is 29.0. The van der Waals surface area contributed by atoms with Crippen molar-refractivity contribution in [2.24, 2.45) is 0 Å². The molecular formula is C61H44N6Na6O23S6+6. The van der Waals surface area contributed by atoms with Gasteiger partial charge in [0.2, 0.25) is 0 Å². The van der Waals surface area contributed by atoms with Crippen LogP contribution in [-0.2, 0) is 60.7 Å². The molecule has 0 saturated carbocycles. The van der Waals surface area contributed by atoms with Crippen molar-refractivity contribution in [2.75, 3.05) is 31.9 Å². The molecule has 0 fully saturated rings. The normalized spacial score (nSPS) is 11.4. The summed E-state index contributed by atoms with van der Waals surface area (Å²) in [4.78, 5) is 62.8. The summed E-state index contributed by atoms with van der Waals surface area (Å²) >= 11 is 0. The number of amides is 6. The van der Waals surface area contributed by atoms with Gasteiger partial charge in [-0.05, 0) is 120 Å². The summed E-state index contributed by atoms with van der Waals surface area (Å²) in [6.07, 6.45) is 0. The molecule has 0 saturated heterocycles. The standard InChI is InChI=1S/C61H44N6O23S6.6Na/c68-57(66-49-27-37(17-19-43(49)33-9-3-1-4-10-33)59(70)64-47-21-23-51(93(79,80)81)45-29-41(91(73,74)75)31-53(55(45)47)95(85,86)87)35-13-7-15-39(25-35)62-61(72)63-40-16-8-14-36(26-40)58(69)67-50-28-38(18-20-44(50)34-11-5-2-6-12-34)60(71)65-48-22-24-52(94(82,83)84)46-30-42(92(76,77)78)32-54(56(46)48)96(88,89)90;;;;;;/h1-32H,(H,64,70)(H,65,71)(H,66,68)(H,67,69)(H2,62,63,72)(H,73,74,75)(H,76,77,78)(H,79,80,81)(H,82,83,84)(H,85,86,87)(H,88,89,90);;;;;;/q;6*+1. The summed E-state index contributed by atoms with van der Waals surface area (Å²) in [6, 6.07) is 39.7. The van der Waals surface area contributed by atoms with Gasteiger partial charge in [-0.15, -0.1) is 0 Å². The molecule has 0 aliphatic carbocycles. The fourth-order valence-electron chi connectivity index (χ4n) is 10.0. The number of carbonyl (C=O) groups excluding carboxylic acids is 5. The van der Waals surface area contributed by atoms with Crippen LogP contribution < -0.4 is 209 Å². The Hall–Kier alpha value is -4.67. The fourth-order valence-corrected chi connectivity index (χ4v) is 14.1. The van der Waals surface area contributed by atoms with Gasteiger partial charge in [-0.1, -0.05) is 84.9 Å². The molecule has 0 spiro atoms. The van der Waals surface area contributed by atoms with Crippen LogP contribution in [0.5, 0.6) is 0 Å². The Labute approximate surface area is 714 Å². The largest absolute Gasteiger partial charge is 1.00 e. The number of carbonyl (C=O) groups is 5. The first kappa shape index (κ1) is 89.7. The zero-order valence-electron chi connectivity index (χ0n) is 54.0. The molecule has 0 unspecified atom stereocenters. The van der Waals surface area contributed by atoms with Gasteiger partial charge in [0.05, 0.1) is 21.2 Å². The third-order valence-electron chi connectivity index (χ3n) is 14.2. The van der Waals surface area contributed by atoms with Gasteiger partial charge >= 0.3 is 183 Å². The van der Waals surface area contributed by atoms with Crippen molar-refractivity contribution < 1.29 is 279 Å². The topological polar surface area (TPSA) is 484 Å². The van der Waals surface area contributed by atoms with E-state index in [-0.39, 0.29) is 222 Å². The molecule has 102 heavy (non-hydrogen) atoms. The number of nitrogens with one attached hydrogen (secondary N) is 6. The third-order valence-corrected chi connectivity index (χ3v) is 19.5. The van der Waals surface area contributed by atoms with E-state index >= 15 is 0 Å². The van der Waals surface area contributed by atoms with Gasteiger partial charge in [-0.2, -0.15) is 50.5 Å². The van der Waals surface area contributed by atoms with Gasteiger partial charge < -0.3 is 31.9 Å². The molecule has 0 radical (unpaired) electrons. The van der Waals surface area contributed by atoms with E-state index in [0.29, 0.717) is 58.7 Å². The minimum absolute atomic E-state index is 0. The quantitative estimate of drug-likeness (QED) is 0.0280. The molecule has 0 heterocycles. The second kappa shape index (κ2) is 35.8. The predicted molar refractivity (Wildman–Crippen MR) is 348 cm³/mol. The van der Waals surface area contributed by atoms with E-state index in [1.807, 2.05) is 0 Å². The molecule has 0 atom stereocenters. The first-order chi connectivity index (χ1) is 44.9. The van der Waals surface area contributed by atoms with Gasteiger partial charge in [-0.3, -0.25) is 46.5 Å². The van der Waals surface area contributed by atoms with Crippen LogP contribution in [0.1, 0.15) is 41.4 Å². The van der Waals surface area contributed by atoms with Gasteiger partial charge in [0.25, 0.3) is 84.3 Å². The van der Waals surface area contributed by atoms with Crippen molar-refractivity contribution in [3.63, 3.8) is 0 Å². The molecule has 0 bridgehead atoms. The summed E-state index contributed by atoms with van der Waals surface area (Å²) in [6.45, 7) is 0. The number of rotatable bonds is 18. The molecule has 41 heteroatoms. The average molecular weight is 1560 g/mol. The monoisotopic (exact) mass is 1560 g/mol. The van der Waals surface area contributed by atoms with Crippen molar-refractivity contribution in [1.29, 1.82) is 0 Å². The van der Waals surface area contributed by atoms with Crippen molar-refractivity contribution in [3.8, 4) is 22.3 Å². The Balaban J connectivity index is 0.00000367. The SMILES string of the molecule is O=C(Nc1cccc(C(=O)Nc2cc(C(=O)Nc3ccc(S(=O)(=O)O)c4cc(S(=O)(=O)O)cc(S(=O)(=O)O)c34)ccc2-c2ccccc2)c1)Nc1cccc(C(=O)Nc2cc(C(=O)Nc3ccc(S(=O)(=O)O)c4cc(S(=O)(=O)O)cc(S(=O)(=O)O)c34)ccc2-c2ccccc2)c1.[Na+].[Na+].[Na+].[Na+].[Na+].[Na+]. The van der Waals surface area contributed by atoms with Crippen LogP contribution in [-0.4, -0.2) is 107 Å². The maximum Gasteiger partial charge on any atom is 1.00 e. The first-order valence-electron chi connectivity index (χ1n) is 26.9. The Bertz CT molecular complexity index is 5390. The zero-order valence-corrected chi connectivity index (χ0v) is 70.9. The van der Waals surface area contributed by atoms with E-state index in [4.69, 9.17) is 0 Å². The van der Waals surface area contributed by atoms with Crippen LogP contribution in [0.3, 0.4) is 0 Å². The van der Waals surface area contributed by atoms with Crippen LogP contribution in [0.25, 0.3) is 43.8 Å². The summed E-state index contributed by atoms with van der Waals surface area (Å²) in [5.41, 5.74) is 0.333. The van der Waals surface area contributed by atoms with Crippen molar-refractivity contribution >= 4 is 146 Å². The Morgan fingerprint density at radius 2 is 0.569 bits per heavy atom. The molecular weight excluding hydrogens is 1520 g/mol. The maximum atomic E-state index is 14.1. The van der Waals surface area contributed by atoms with Gasteiger partial charge in [-0.25, -0.2) is 4.79 Å². The molecule has 12 N–H and O–H groups in total. The molecule has 10 aromatic carbocycles. The Morgan fingerprint density at radius 3 is 0.873 bits per heavy atom. The molecule has 10 aromatic rings. The number of hydrogen-bond acceptors (Lipinski definition) is 17. The molecule has 10 rings (SSSR count). The number of anilines is 6. The summed E-state index contributed by atoms with van der Waals surface area (Å²) in [7, 11) is -32.1. The van der Waals surface area contributed by atoms with E-state index in [0.717, 1.165) is 12.1 Å². The number of fused-ring (bicyclic) bond motifs is 2. The second-order valence-electron chi connectivity index (χ2n) is 20.6. The molecule has 29 nitrogen and oxygen atoms in total. The fraction of sp³-hybridized carbons (Fsp3) is 0. The van der Waals surface area contributed by atoms with E-state index < -0.39 is 153 Å². The van der Waals surface area contributed by atoms with Crippen LogP contribution in [0.4, 0.5) is 38.9 Å². The summed E-state index contributed by atoms with van der Waals surface area (Å²) in [5, 5.41) is 12.1. The first-order valence-corrected chi connectivity index (χ1v) is 35.6. The van der Waals surface area contributed by atoms with E-state index in [2.05, 4.69) is 31.9 Å². The van der Waals surface area contributed by atoms with Crippen LogP contribution in [0, 0.1) is 0 Å². The van der Waals surface area contributed by atoms with E-state index in [1.165, 1.54) is 84.9 Å². The molecule has 0 aliphatic heterocycles. The number of benzene rings is 10. The van der Waals surface area contributed by atoms with E-state index in [1.54, 1.807) is 60.7 Å². The average Bonchev–Trinajstić information content (AvgIpc) is 0.746. The van der Waals surface area contributed by atoms with Gasteiger partial charge in [0.1, 0.15) is 19.6 Å². The summed E-state index contributed by atoms with van der Waals surface area (Å²) < 4.78 is 209. The maximum absolute atomic E-state index is 14.1. The molecule has 0 aromatic heterocycles. The van der Waals surface area contributed by atoms with Crippen LogP contribution >= 0.6 is 0 Å². The zero-order chi connectivity index (χ0) is 69.6. The predicted octanol–water partition coefficient (Wildman–Crippen LogP) is -8.52. The minimum atomic E-state index is -5.49. The Morgan fingerprint density at radius 1 is 0.265 bits per heavy atom. The molecule has 6 amide bonds. The minimum Gasteiger partial charge on any atom is -0.321 e. The van der Waals surface area contributed by atoms with Gasteiger partial charge in [0.15, 0.2) is 0 Å². The van der Waals surface area contributed by atoms with E-state index in [9.17, 15) is 102 Å². The van der Waals surface area contributed by atoms with Gasteiger partial charge in [0, 0.05) is 77.7 Å². The number of urea groups is 1. The third kappa shape index (κ3) is 21.3. The molecule has 0 aliphatic rings. The van der Waals surface area contributed by atoms with Crippen molar-refractivity contribution in [1.82, 2.24) is 0 Å². The van der Waals surface area contributed by atoms with Crippen molar-refractivity contribution in [2.45, 2.75) is 29.4 Å². The Kier molecular flexibility index (Phi) is 31.5. The van der Waals surface area contributed by atoms with Crippen LogP contribution in [0.15, 0.2) is 223 Å². The van der Waals surface area contributed by atoms with Crippen molar-refractivity contribution in [3.05, 3.63) is 216 Å². The molecule has 492 valence electrons. The van der Waals surface area contributed by atoms with Crippen LogP contribution in [0.2, 0.25) is 0 Å². The number of hydrogen-bond donors (Lipinski definition) is 12. The summed E-state index contributed by atoms with van der Waals surface area (Å²) in [5.74, 6) is -3.66.